The number of hydrogen-bond donors (Lipinski definition) is 0. The molecule has 0 saturated carbocycles. The minimum Gasteiger partial charge on any atom is -0.443 e. The Morgan fingerprint density at radius 3 is 2.80 bits per heavy atom. The van der Waals surface area contributed by atoms with Crippen molar-refractivity contribution in [2.75, 3.05) is 6.54 Å². The maximum absolute atomic E-state index is 11.6. The van der Waals surface area contributed by atoms with Gasteiger partial charge in [0.1, 0.15) is 12.1 Å². The summed E-state index contributed by atoms with van der Waals surface area (Å²) in [5, 5.41) is 0. The van der Waals surface area contributed by atoms with Crippen LogP contribution in [0.1, 0.15) is 20.8 Å². The van der Waals surface area contributed by atoms with Crippen LogP contribution in [0.4, 0.5) is 4.79 Å². The van der Waals surface area contributed by atoms with Crippen molar-refractivity contribution < 1.29 is 14.3 Å². The lowest BCUT2D eigenvalue weighted by molar-refractivity contribution is -0.118. The Morgan fingerprint density at radius 2 is 2.20 bits per heavy atom. The number of nitrogens with zero attached hydrogens (tertiary/aromatic N) is 2. The van der Waals surface area contributed by atoms with Gasteiger partial charge in [-0.05, 0) is 26.8 Å². The zero-order valence-corrected chi connectivity index (χ0v) is 9.06. The number of amides is 2. The Bertz CT molecular complexity index is 326. The third kappa shape index (κ3) is 3.93. The second kappa shape index (κ2) is 4.25. The molecule has 0 aromatic rings. The lowest BCUT2D eigenvalue weighted by atomic mass is 10.2. The highest BCUT2D eigenvalue weighted by atomic mass is 16.6. The summed E-state index contributed by atoms with van der Waals surface area (Å²) in [7, 11) is 0. The van der Waals surface area contributed by atoms with E-state index in [9.17, 15) is 9.59 Å². The molecule has 0 N–H and O–H groups in total. The molecule has 2 amide bonds. The fourth-order valence-electron chi connectivity index (χ4n) is 0.954. The Morgan fingerprint density at radius 1 is 1.53 bits per heavy atom. The average molecular weight is 210 g/mol. The maximum Gasteiger partial charge on any atom is 0.414 e. The largest absolute Gasteiger partial charge is 0.443 e. The molecule has 0 aromatic heterocycles. The van der Waals surface area contributed by atoms with E-state index in [4.69, 9.17) is 4.74 Å². The topological polar surface area (TPSA) is 59.0 Å². The van der Waals surface area contributed by atoms with Gasteiger partial charge in [0.15, 0.2) is 0 Å². The molecular formula is C10H14N2O3. The summed E-state index contributed by atoms with van der Waals surface area (Å²) in [6, 6.07) is 0. The summed E-state index contributed by atoms with van der Waals surface area (Å²) in [5.74, 6) is -0.370. The number of carbonyl (C=O) groups is 2. The molecule has 0 fully saturated rings. The molecule has 1 aliphatic heterocycles. The van der Waals surface area contributed by atoms with E-state index in [-0.39, 0.29) is 12.5 Å². The van der Waals surface area contributed by atoms with Gasteiger partial charge in [-0.15, -0.1) is 0 Å². The number of allylic oxidation sites excluding steroid dienone is 1. The van der Waals surface area contributed by atoms with Crippen molar-refractivity contribution in [2.45, 2.75) is 26.4 Å². The SMILES string of the molecule is CC(C)(C)OC(=O)N1C=CC=NC(=O)C1. The Labute approximate surface area is 88.4 Å². The van der Waals surface area contributed by atoms with E-state index >= 15 is 0 Å². The van der Waals surface area contributed by atoms with Gasteiger partial charge >= 0.3 is 6.09 Å². The van der Waals surface area contributed by atoms with Gasteiger partial charge in [0.25, 0.3) is 5.91 Å². The maximum atomic E-state index is 11.6. The normalized spacial score (nSPS) is 16.5. The van der Waals surface area contributed by atoms with E-state index in [0.29, 0.717) is 0 Å². The van der Waals surface area contributed by atoms with E-state index in [1.54, 1.807) is 20.8 Å². The van der Waals surface area contributed by atoms with Crippen LogP contribution in [-0.4, -0.2) is 35.3 Å². The predicted octanol–water partition coefficient (Wildman–Crippen LogP) is 1.35. The van der Waals surface area contributed by atoms with E-state index in [1.807, 2.05) is 0 Å². The van der Waals surface area contributed by atoms with E-state index < -0.39 is 11.7 Å². The number of rotatable bonds is 0. The quantitative estimate of drug-likeness (QED) is 0.606. The zero-order chi connectivity index (χ0) is 11.5. The molecule has 0 aromatic carbocycles. The van der Waals surface area contributed by atoms with Crippen LogP contribution < -0.4 is 0 Å². The van der Waals surface area contributed by atoms with Crippen molar-refractivity contribution in [1.29, 1.82) is 0 Å². The average Bonchev–Trinajstić information content (AvgIpc) is 2.26. The summed E-state index contributed by atoms with van der Waals surface area (Å²) in [4.78, 5) is 27.4. The highest BCUT2D eigenvalue weighted by molar-refractivity contribution is 5.93. The van der Waals surface area contributed by atoms with Crippen molar-refractivity contribution in [2.24, 2.45) is 4.99 Å². The second-order valence-corrected chi connectivity index (χ2v) is 4.12. The van der Waals surface area contributed by atoms with Crippen molar-refractivity contribution in [1.82, 2.24) is 4.90 Å². The van der Waals surface area contributed by atoms with Crippen LogP contribution >= 0.6 is 0 Å². The molecule has 0 bridgehead atoms. The van der Waals surface area contributed by atoms with Crippen molar-refractivity contribution in [3.63, 3.8) is 0 Å². The molecule has 0 spiro atoms. The molecule has 1 rings (SSSR count). The van der Waals surface area contributed by atoms with Gasteiger partial charge in [0, 0.05) is 12.4 Å². The number of aliphatic imine (C=N–C) groups is 1. The van der Waals surface area contributed by atoms with Gasteiger partial charge in [0.05, 0.1) is 0 Å². The highest BCUT2D eigenvalue weighted by Crippen LogP contribution is 2.10. The minimum absolute atomic E-state index is 0.0814. The van der Waals surface area contributed by atoms with Crippen molar-refractivity contribution in [3.05, 3.63) is 12.3 Å². The molecule has 5 nitrogen and oxygen atoms in total. The fraction of sp³-hybridized carbons (Fsp3) is 0.500. The van der Waals surface area contributed by atoms with Crippen LogP contribution in [-0.2, 0) is 9.53 Å². The molecule has 5 heteroatoms. The Kier molecular flexibility index (Phi) is 3.24. The van der Waals surface area contributed by atoms with Gasteiger partial charge in [-0.25, -0.2) is 9.79 Å². The third-order valence-electron chi connectivity index (χ3n) is 1.50. The van der Waals surface area contributed by atoms with Crippen LogP contribution in [0.15, 0.2) is 17.3 Å². The van der Waals surface area contributed by atoms with Gasteiger partial charge < -0.3 is 4.74 Å². The van der Waals surface area contributed by atoms with Crippen LogP contribution in [0.3, 0.4) is 0 Å². The van der Waals surface area contributed by atoms with E-state index in [2.05, 4.69) is 4.99 Å². The number of hydrogen-bond acceptors (Lipinski definition) is 3. The van der Waals surface area contributed by atoms with Crippen molar-refractivity contribution in [3.8, 4) is 0 Å². The lowest BCUT2D eigenvalue weighted by Crippen LogP contribution is -2.35. The summed E-state index contributed by atoms with van der Waals surface area (Å²) in [5.41, 5.74) is -0.568. The van der Waals surface area contributed by atoms with Crippen LogP contribution in [0.5, 0.6) is 0 Å². The first-order valence-electron chi connectivity index (χ1n) is 4.62. The van der Waals surface area contributed by atoms with Crippen LogP contribution in [0.2, 0.25) is 0 Å². The Balaban J connectivity index is 2.64. The second-order valence-electron chi connectivity index (χ2n) is 4.12. The molecule has 0 atom stereocenters. The molecular weight excluding hydrogens is 196 g/mol. The van der Waals surface area contributed by atoms with Gasteiger partial charge in [-0.3, -0.25) is 9.69 Å². The van der Waals surface area contributed by atoms with Crippen LogP contribution in [0.25, 0.3) is 0 Å². The standard InChI is InChI=1S/C10H14N2O3/c1-10(2,3)15-9(14)12-6-4-5-11-8(13)7-12/h4-6H,7H2,1-3H3. The van der Waals surface area contributed by atoms with E-state index in [1.165, 1.54) is 23.4 Å². The first-order valence-corrected chi connectivity index (χ1v) is 4.62. The van der Waals surface area contributed by atoms with Crippen LogP contribution in [0, 0.1) is 0 Å². The Hall–Kier alpha value is -1.65. The third-order valence-corrected chi connectivity index (χ3v) is 1.50. The molecule has 15 heavy (non-hydrogen) atoms. The predicted molar refractivity (Wildman–Crippen MR) is 55.6 cm³/mol. The summed E-state index contributed by atoms with van der Waals surface area (Å²) in [6.45, 7) is 5.22. The highest BCUT2D eigenvalue weighted by Gasteiger charge is 2.22. The summed E-state index contributed by atoms with van der Waals surface area (Å²) < 4.78 is 5.11. The summed E-state index contributed by atoms with van der Waals surface area (Å²) >= 11 is 0. The van der Waals surface area contributed by atoms with E-state index in [0.717, 1.165) is 0 Å². The fourth-order valence-corrected chi connectivity index (χ4v) is 0.954. The number of carbonyl (C=O) groups excluding carboxylic acids is 2. The van der Waals surface area contributed by atoms with Gasteiger partial charge in [-0.2, -0.15) is 0 Å². The molecule has 0 saturated heterocycles. The first-order chi connectivity index (χ1) is 6.88. The minimum atomic E-state index is -0.568. The summed E-state index contributed by atoms with van der Waals surface area (Å²) in [6.07, 6.45) is 3.81. The first kappa shape index (κ1) is 11.4. The molecule has 1 heterocycles. The molecule has 0 aliphatic carbocycles. The van der Waals surface area contributed by atoms with Gasteiger partial charge in [0.2, 0.25) is 0 Å². The smallest absolute Gasteiger partial charge is 0.414 e. The van der Waals surface area contributed by atoms with Gasteiger partial charge in [-0.1, -0.05) is 0 Å². The molecule has 1 aliphatic rings. The zero-order valence-electron chi connectivity index (χ0n) is 9.06. The van der Waals surface area contributed by atoms with Crippen molar-refractivity contribution >= 4 is 18.2 Å². The molecule has 0 unspecified atom stereocenters. The number of ether oxygens (including phenoxy) is 1. The molecule has 0 radical (unpaired) electrons. The molecule has 82 valence electrons. The lowest BCUT2D eigenvalue weighted by Gasteiger charge is -2.23. The monoisotopic (exact) mass is 210 g/mol.